The SMILES string of the molecule is Cc1cc(=O)c(C(=O)Nc2ccc(F)c([N+](=O)[O-])c2)nn1-c1ccccc1Cl. The summed E-state index contributed by atoms with van der Waals surface area (Å²) >= 11 is 6.16. The summed E-state index contributed by atoms with van der Waals surface area (Å²) in [6.07, 6.45) is 0. The molecule has 3 rings (SSSR count). The molecule has 8 nitrogen and oxygen atoms in total. The fourth-order valence-corrected chi connectivity index (χ4v) is 2.71. The molecule has 0 atom stereocenters. The number of nitro benzene ring substituents is 1. The number of carbonyl (C=O) groups is 1. The van der Waals surface area contributed by atoms with Crippen LogP contribution in [0.3, 0.4) is 0 Å². The molecule has 3 aromatic rings. The Balaban J connectivity index is 2.00. The Morgan fingerprint density at radius 2 is 1.96 bits per heavy atom. The molecule has 0 aliphatic heterocycles. The van der Waals surface area contributed by atoms with Crippen LogP contribution in [0.15, 0.2) is 53.3 Å². The fraction of sp³-hybridized carbons (Fsp3) is 0.0556. The van der Waals surface area contributed by atoms with E-state index in [0.717, 1.165) is 18.2 Å². The highest BCUT2D eigenvalue weighted by Gasteiger charge is 2.19. The van der Waals surface area contributed by atoms with Crippen molar-refractivity contribution in [2.24, 2.45) is 0 Å². The number of halogens is 2. The van der Waals surface area contributed by atoms with E-state index < -0.39 is 33.5 Å². The van der Waals surface area contributed by atoms with Crippen LogP contribution in [0.1, 0.15) is 16.2 Å². The number of hydrogen-bond acceptors (Lipinski definition) is 5. The van der Waals surface area contributed by atoms with Gasteiger partial charge in [-0.2, -0.15) is 9.49 Å². The summed E-state index contributed by atoms with van der Waals surface area (Å²) in [6.45, 7) is 1.63. The number of benzene rings is 2. The van der Waals surface area contributed by atoms with Gasteiger partial charge in [0.1, 0.15) is 0 Å². The van der Waals surface area contributed by atoms with E-state index in [1.807, 2.05) is 0 Å². The number of aryl methyl sites for hydroxylation is 1. The first-order chi connectivity index (χ1) is 13.3. The number of hydrogen-bond donors (Lipinski definition) is 1. The lowest BCUT2D eigenvalue weighted by molar-refractivity contribution is -0.387. The summed E-state index contributed by atoms with van der Waals surface area (Å²) in [7, 11) is 0. The highest BCUT2D eigenvalue weighted by Crippen LogP contribution is 2.22. The molecular weight excluding hydrogens is 391 g/mol. The molecule has 1 heterocycles. The van der Waals surface area contributed by atoms with Gasteiger partial charge in [-0.15, -0.1) is 0 Å². The van der Waals surface area contributed by atoms with Gasteiger partial charge in [0.05, 0.1) is 15.6 Å². The summed E-state index contributed by atoms with van der Waals surface area (Å²) in [5.74, 6) is -1.94. The molecule has 0 aliphatic carbocycles. The van der Waals surface area contributed by atoms with Crippen LogP contribution in [-0.2, 0) is 0 Å². The maximum Gasteiger partial charge on any atom is 0.306 e. The molecule has 0 fully saturated rings. The smallest absolute Gasteiger partial charge is 0.306 e. The van der Waals surface area contributed by atoms with E-state index in [1.165, 1.54) is 10.7 Å². The number of rotatable bonds is 4. The van der Waals surface area contributed by atoms with Gasteiger partial charge in [-0.25, -0.2) is 4.68 Å². The van der Waals surface area contributed by atoms with E-state index in [-0.39, 0.29) is 5.69 Å². The third-order valence-electron chi connectivity index (χ3n) is 3.80. The lowest BCUT2D eigenvalue weighted by Gasteiger charge is -2.12. The number of anilines is 1. The molecule has 28 heavy (non-hydrogen) atoms. The average molecular weight is 403 g/mol. The Morgan fingerprint density at radius 1 is 1.25 bits per heavy atom. The topological polar surface area (TPSA) is 107 Å². The fourth-order valence-electron chi connectivity index (χ4n) is 2.49. The molecule has 0 spiro atoms. The highest BCUT2D eigenvalue weighted by molar-refractivity contribution is 6.32. The van der Waals surface area contributed by atoms with Crippen molar-refractivity contribution in [3.63, 3.8) is 0 Å². The zero-order valence-corrected chi connectivity index (χ0v) is 15.1. The van der Waals surface area contributed by atoms with E-state index in [4.69, 9.17) is 11.6 Å². The van der Waals surface area contributed by atoms with Crippen LogP contribution in [0.5, 0.6) is 0 Å². The zero-order chi connectivity index (χ0) is 20.4. The van der Waals surface area contributed by atoms with Gasteiger partial charge in [0.2, 0.25) is 11.2 Å². The third-order valence-corrected chi connectivity index (χ3v) is 4.12. The zero-order valence-electron chi connectivity index (χ0n) is 14.3. The van der Waals surface area contributed by atoms with Gasteiger partial charge >= 0.3 is 5.69 Å². The van der Waals surface area contributed by atoms with Gasteiger partial charge in [0, 0.05) is 23.5 Å². The van der Waals surface area contributed by atoms with E-state index in [2.05, 4.69) is 10.4 Å². The molecule has 0 aliphatic rings. The van der Waals surface area contributed by atoms with Gasteiger partial charge in [0.25, 0.3) is 5.91 Å². The van der Waals surface area contributed by atoms with Gasteiger partial charge in [-0.05, 0) is 31.2 Å². The lowest BCUT2D eigenvalue weighted by Crippen LogP contribution is -2.27. The maximum absolute atomic E-state index is 13.4. The number of nitro groups is 1. The summed E-state index contributed by atoms with van der Waals surface area (Å²) in [4.78, 5) is 34.6. The van der Waals surface area contributed by atoms with E-state index in [9.17, 15) is 24.1 Å². The quantitative estimate of drug-likeness (QED) is 0.531. The van der Waals surface area contributed by atoms with Crippen molar-refractivity contribution in [3.05, 3.63) is 91.1 Å². The first kappa shape index (κ1) is 19.2. The first-order valence-corrected chi connectivity index (χ1v) is 8.27. The van der Waals surface area contributed by atoms with Crippen LogP contribution in [-0.4, -0.2) is 20.6 Å². The van der Waals surface area contributed by atoms with Crippen molar-refractivity contribution in [2.45, 2.75) is 6.92 Å². The average Bonchev–Trinajstić information content (AvgIpc) is 2.64. The minimum atomic E-state index is -1.04. The van der Waals surface area contributed by atoms with E-state index in [1.54, 1.807) is 31.2 Å². The van der Waals surface area contributed by atoms with Crippen molar-refractivity contribution in [3.8, 4) is 5.69 Å². The predicted molar refractivity (Wildman–Crippen MR) is 101 cm³/mol. The summed E-state index contributed by atoms with van der Waals surface area (Å²) in [6, 6.07) is 10.8. The summed E-state index contributed by atoms with van der Waals surface area (Å²) < 4.78 is 14.8. The van der Waals surface area contributed by atoms with Crippen molar-refractivity contribution < 1.29 is 14.1 Å². The first-order valence-electron chi connectivity index (χ1n) is 7.89. The molecule has 0 radical (unpaired) electrons. The van der Waals surface area contributed by atoms with Crippen molar-refractivity contribution >= 4 is 28.9 Å². The van der Waals surface area contributed by atoms with Crippen molar-refractivity contribution in [2.75, 3.05) is 5.32 Å². The normalized spacial score (nSPS) is 10.5. The molecule has 1 N–H and O–H groups in total. The van der Waals surface area contributed by atoms with Gasteiger partial charge < -0.3 is 5.32 Å². The minimum absolute atomic E-state index is 0.0517. The van der Waals surface area contributed by atoms with Crippen LogP contribution in [0.25, 0.3) is 5.69 Å². The van der Waals surface area contributed by atoms with Crippen LogP contribution in [0.2, 0.25) is 5.02 Å². The number of nitrogens with one attached hydrogen (secondary N) is 1. The Kier molecular flexibility index (Phi) is 5.18. The minimum Gasteiger partial charge on any atom is -0.320 e. The van der Waals surface area contributed by atoms with Crippen LogP contribution in [0, 0.1) is 22.9 Å². The second-order valence-electron chi connectivity index (χ2n) is 5.74. The standard InChI is InChI=1S/C18H12ClFN4O4/c1-10-8-16(25)17(22-23(10)14-5-3-2-4-12(14)19)18(26)21-11-6-7-13(20)15(9-11)24(27)28/h2-9H,1H3,(H,21,26). The van der Waals surface area contributed by atoms with E-state index in [0.29, 0.717) is 16.4 Å². The molecule has 0 saturated heterocycles. The summed E-state index contributed by atoms with van der Waals surface area (Å²) in [5.41, 5.74) is -1.03. The molecule has 0 unspecified atom stereocenters. The highest BCUT2D eigenvalue weighted by atomic mass is 35.5. The Bertz CT molecular complexity index is 1160. The largest absolute Gasteiger partial charge is 0.320 e. The Hall–Kier alpha value is -3.59. The molecule has 2 aromatic carbocycles. The van der Waals surface area contributed by atoms with Crippen LogP contribution >= 0.6 is 11.6 Å². The number of nitrogens with zero attached hydrogens (tertiary/aromatic N) is 3. The van der Waals surface area contributed by atoms with Gasteiger partial charge in [-0.1, -0.05) is 23.7 Å². The van der Waals surface area contributed by atoms with Crippen LogP contribution < -0.4 is 10.7 Å². The van der Waals surface area contributed by atoms with Gasteiger partial charge in [-0.3, -0.25) is 19.7 Å². The molecule has 1 aromatic heterocycles. The molecule has 0 saturated carbocycles. The Morgan fingerprint density at radius 3 is 2.64 bits per heavy atom. The lowest BCUT2D eigenvalue weighted by atomic mass is 10.2. The van der Waals surface area contributed by atoms with Crippen LogP contribution in [0.4, 0.5) is 15.8 Å². The van der Waals surface area contributed by atoms with E-state index >= 15 is 0 Å². The van der Waals surface area contributed by atoms with Crippen molar-refractivity contribution in [1.29, 1.82) is 0 Å². The molecular formula is C18H12ClFN4O4. The second kappa shape index (κ2) is 7.57. The number of aromatic nitrogens is 2. The Labute approximate surface area is 162 Å². The third kappa shape index (κ3) is 3.74. The maximum atomic E-state index is 13.4. The molecule has 1 amide bonds. The monoisotopic (exact) mass is 402 g/mol. The number of carbonyl (C=O) groups excluding carboxylic acids is 1. The number of para-hydroxylation sites is 1. The second-order valence-corrected chi connectivity index (χ2v) is 6.15. The number of amides is 1. The summed E-state index contributed by atoms with van der Waals surface area (Å²) in [5, 5.41) is 17.6. The predicted octanol–water partition coefficient (Wildman–Crippen LogP) is 3.49. The molecule has 0 bridgehead atoms. The molecule has 142 valence electrons. The van der Waals surface area contributed by atoms with Gasteiger partial charge in [0.15, 0.2) is 5.69 Å². The molecule has 10 heteroatoms. The van der Waals surface area contributed by atoms with Crippen molar-refractivity contribution in [1.82, 2.24) is 9.78 Å².